The van der Waals surface area contributed by atoms with Gasteiger partial charge in [-0.15, -0.1) is 0 Å². The molecule has 2 unspecified atom stereocenters. The maximum absolute atomic E-state index is 6.11. The Hall–Kier alpha value is -0.0800. The Morgan fingerprint density at radius 1 is 1.21 bits per heavy atom. The van der Waals surface area contributed by atoms with Crippen LogP contribution in [0.5, 0.6) is 0 Å². The lowest BCUT2D eigenvalue weighted by atomic mass is 9.82. The predicted octanol–water partition coefficient (Wildman–Crippen LogP) is 2.71. The molecule has 1 fully saturated rings. The Morgan fingerprint density at radius 3 is 2.36 bits per heavy atom. The first-order valence-electron chi connectivity index (χ1n) is 6.16. The van der Waals surface area contributed by atoms with E-state index < -0.39 is 0 Å². The summed E-state index contributed by atoms with van der Waals surface area (Å²) in [5.74, 6) is 0.721. The molecular formula is C12H25NO. The molecule has 0 aliphatic heterocycles. The molecule has 2 heteroatoms. The van der Waals surface area contributed by atoms with Gasteiger partial charge in [-0.2, -0.15) is 0 Å². The van der Waals surface area contributed by atoms with Crippen molar-refractivity contribution in [2.75, 3.05) is 6.61 Å². The molecule has 1 saturated carbocycles. The molecule has 0 aromatic carbocycles. The predicted molar refractivity (Wildman–Crippen MR) is 60.3 cm³/mol. The summed E-state index contributed by atoms with van der Waals surface area (Å²) in [7, 11) is 0. The third-order valence-corrected chi connectivity index (χ3v) is 3.37. The van der Waals surface area contributed by atoms with E-state index in [1.807, 2.05) is 0 Å². The van der Waals surface area contributed by atoms with Gasteiger partial charge < -0.3 is 10.5 Å². The van der Waals surface area contributed by atoms with Crippen molar-refractivity contribution in [2.24, 2.45) is 11.7 Å². The minimum Gasteiger partial charge on any atom is -0.377 e. The van der Waals surface area contributed by atoms with Crippen molar-refractivity contribution in [3.05, 3.63) is 0 Å². The Kier molecular flexibility index (Phi) is 5.49. The van der Waals surface area contributed by atoms with Crippen LogP contribution >= 0.6 is 0 Å². The quantitative estimate of drug-likeness (QED) is 0.739. The van der Waals surface area contributed by atoms with E-state index in [0.717, 1.165) is 18.9 Å². The van der Waals surface area contributed by atoms with Crippen molar-refractivity contribution in [2.45, 2.75) is 64.5 Å². The highest BCUT2D eigenvalue weighted by Gasteiger charge is 2.27. The monoisotopic (exact) mass is 199 g/mol. The Balaban J connectivity index is 2.46. The Labute approximate surface area is 88.2 Å². The second-order valence-electron chi connectivity index (χ2n) is 4.39. The van der Waals surface area contributed by atoms with E-state index in [-0.39, 0.29) is 6.04 Å². The van der Waals surface area contributed by atoms with Gasteiger partial charge in [-0.3, -0.25) is 0 Å². The van der Waals surface area contributed by atoms with Crippen LogP contribution in [0.1, 0.15) is 52.4 Å². The minimum absolute atomic E-state index is 0.234. The first-order valence-corrected chi connectivity index (χ1v) is 6.16. The van der Waals surface area contributed by atoms with Crippen LogP contribution in [-0.2, 0) is 4.74 Å². The number of nitrogens with two attached hydrogens (primary N) is 1. The minimum atomic E-state index is 0.234. The third-order valence-electron chi connectivity index (χ3n) is 3.37. The average molecular weight is 199 g/mol. The number of hydrogen-bond acceptors (Lipinski definition) is 2. The van der Waals surface area contributed by atoms with Crippen LogP contribution in [0, 0.1) is 5.92 Å². The van der Waals surface area contributed by atoms with Gasteiger partial charge >= 0.3 is 0 Å². The molecule has 1 aliphatic rings. The molecular weight excluding hydrogens is 174 g/mol. The molecule has 0 saturated heterocycles. The summed E-state index contributed by atoms with van der Waals surface area (Å²) in [6.07, 6.45) is 8.11. The van der Waals surface area contributed by atoms with E-state index in [9.17, 15) is 0 Å². The molecule has 1 rings (SSSR count). The second kappa shape index (κ2) is 6.41. The molecule has 0 bridgehead atoms. The number of rotatable bonds is 5. The van der Waals surface area contributed by atoms with E-state index in [4.69, 9.17) is 10.5 Å². The van der Waals surface area contributed by atoms with Crippen molar-refractivity contribution < 1.29 is 4.74 Å². The highest BCUT2D eigenvalue weighted by molar-refractivity contribution is 4.81. The zero-order chi connectivity index (χ0) is 10.4. The largest absolute Gasteiger partial charge is 0.377 e. The Bertz CT molecular complexity index is 143. The fourth-order valence-corrected chi connectivity index (χ4v) is 2.50. The Morgan fingerprint density at radius 2 is 1.86 bits per heavy atom. The van der Waals surface area contributed by atoms with E-state index in [2.05, 4.69) is 13.8 Å². The van der Waals surface area contributed by atoms with Gasteiger partial charge in [-0.25, -0.2) is 0 Å². The summed E-state index contributed by atoms with van der Waals surface area (Å²) in [4.78, 5) is 0. The zero-order valence-corrected chi connectivity index (χ0v) is 9.67. The molecule has 0 aromatic heterocycles. The maximum atomic E-state index is 6.11. The summed E-state index contributed by atoms with van der Waals surface area (Å²) in [5.41, 5.74) is 6.11. The maximum Gasteiger partial charge on any atom is 0.0753 e. The first kappa shape index (κ1) is 12.0. The van der Waals surface area contributed by atoms with Crippen molar-refractivity contribution in [1.82, 2.24) is 0 Å². The van der Waals surface area contributed by atoms with Crippen LogP contribution in [0.2, 0.25) is 0 Å². The average Bonchev–Trinajstić information content (AvgIpc) is 2.26. The lowest BCUT2D eigenvalue weighted by Crippen LogP contribution is -2.42. The zero-order valence-electron chi connectivity index (χ0n) is 9.67. The van der Waals surface area contributed by atoms with Crippen molar-refractivity contribution in [1.29, 1.82) is 0 Å². The summed E-state index contributed by atoms with van der Waals surface area (Å²) in [6.45, 7) is 5.02. The SMILES string of the molecule is CCOC(C(N)CC)C1CCCCC1. The van der Waals surface area contributed by atoms with Gasteiger partial charge in [-0.1, -0.05) is 26.2 Å². The van der Waals surface area contributed by atoms with Gasteiger partial charge in [0, 0.05) is 12.6 Å². The summed E-state index contributed by atoms with van der Waals surface area (Å²) < 4.78 is 5.81. The standard InChI is InChI=1S/C12H25NO/c1-3-11(13)12(14-4-2)10-8-6-5-7-9-10/h10-12H,3-9,13H2,1-2H3. The van der Waals surface area contributed by atoms with Crippen LogP contribution in [0.15, 0.2) is 0 Å². The van der Waals surface area contributed by atoms with Gasteiger partial charge in [0.15, 0.2) is 0 Å². The smallest absolute Gasteiger partial charge is 0.0753 e. The van der Waals surface area contributed by atoms with Crippen molar-refractivity contribution in [3.63, 3.8) is 0 Å². The number of hydrogen-bond donors (Lipinski definition) is 1. The van der Waals surface area contributed by atoms with Crippen LogP contribution in [-0.4, -0.2) is 18.8 Å². The summed E-state index contributed by atoms with van der Waals surface area (Å²) in [6, 6.07) is 0.234. The van der Waals surface area contributed by atoms with Crippen LogP contribution < -0.4 is 5.73 Å². The fraction of sp³-hybridized carbons (Fsp3) is 1.00. The molecule has 14 heavy (non-hydrogen) atoms. The van der Waals surface area contributed by atoms with Gasteiger partial charge in [0.05, 0.1) is 6.10 Å². The lowest BCUT2D eigenvalue weighted by molar-refractivity contribution is -0.00988. The molecule has 84 valence electrons. The highest BCUT2D eigenvalue weighted by Crippen LogP contribution is 2.29. The summed E-state index contributed by atoms with van der Waals surface area (Å²) in [5, 5.41) is 0. The molecule has 2 nitrogen and oxygen atoms in total. The molecule has 0 amide bonds. The molecule has 2 N–H and O–H groups in total. The van der Waals surface area contributed by atoms with E-state index >= 15 is 0 Å². The van der Waals surface area contributed by atoms with Crippen LogP contribution in [0.25, 0.3) is 0 Å². The van der Waals surface area contributed by atoms with Gasteiger partial charge in [0.1, 0.15) is 0 Å². The van der Waals surface area contributed by atoms with E-state index in [1.165, 1.54) is 32.1 Å². The van der Waals surface area contributed by atoms with Crippen LogP contribution in [0.3, 0.4) is 0 Å². The van der Waals surface area contributed by atoms with Gasteiger partial charge in [0.25, 0.3) is 0 Å². The first-order chi connectivity index (χ1) is 6.79. The van der Waals surface area contributed by atoms with Crippen molar-refractivity contribution in [3.8, 4) is 0 Å². The molecule has 1 aliphatic carbocycles. The molecule has 0 aromatic rings. The summed E-state index contributed by atoms with van der Waals surface area (Å²) >= 11 is 0. The van der Waals surface area contributed by atoms with Crippen molar-refractivity contribution >= 4 is 0 Å². The third kappa shape index (κ3) is 3.25. The molecule has 0 radical (unpaired) electrons. The van der Waals surface area contributed by atoms with Crippen LogP contribution in [0.4, 0.5) is 0 Å². The number of ether oxygens (including phenoxy) is 1. The topological polar surface area (TPSA) is 35.2 Å². The highest BCUT2D eigenvalue weighted by atomic mass is 16.5. The van der Waals surface area contributed by atoms with Gasteiger partial charge in [0.2, 0.25) is 0 Å². The van der Waals surface area contributed by atoms with E-state index in [0.29, 0.717) is 6.10 Å². The van der Waals surface area contributed by atoms with Gasteiger partial charge in [-0.05, 0) is 32.1 Å². The molecule has 0 spiro atoms. The fourth-order valence-electron chi connectivity index (χ4n) is 2.50. The lowest BCUT2D eigenvalue weighted by Gasteiger charge is -2.33. The normalized spacial score (nSPS) is 23.4. The molecule has 2 atom stereocenters. The second-order valence-corrected chi connectivity index (χ2v) is 4.39. The molecule has 0 heterocycles. The van der Waals surface area contributed by atoms with E-state index in [1.54, 1.807) is 0 Å².